The lowest BCUT2D eigenvalue weighted by Gasteiger charge is -2.46. The Labute approximate surface area is 169 Å². The Morgan fingerprint density at radius 3 is 2.72 bits per heavy atom. The fraction of sp³-hybridized carbons (Fsp3) is 0.364. The molecule has 0 aliphatic carbocycles. The van der Waals surface area contributed by atoms with Crippen LogP contribution in [0.1, 0.15) is 40.3 Å². The van der Waals surface area contributed by atoms with Crippen LogP contribution in [0, 0.1) is 13.8 Å². The van der Waals surface area contributed by atoms with Crippen molar-refractivity contribution >= 4 is 11.6 Å². The van der Waals surface area contributed by atoms with Crippen LogP contribution < -0.4 is 10.1 Å². The Balaban J connectivity index is 1.44. The van der Waals surface area contributed by atoms with Gasteiger partial charge in [-0.2, -0.15) is 0 Å². The molecule has 2 aromatic heterocycles. The average molecular weight is 392 g/mol. The first-order valence-corrected chi connectivity index (χ1v) is 9.89. The predicted molar refractivity (Wildman–Crippen MR) is 109 cm³/mol. The SMILES string of the molecule is COc1ccc2c(c1)NC1(CCN(C(=O)c3c(C)noc3C)CC1)c1cccn1-2. The Morgan fingerprint density at radius 1 is 1.24 bits per heavy atom. The molecular weight excluding hydrogens is 368 g/mol. The van der Waals surface area contributed by atoms with Crippen molar-refractivity contribution < 1.29 is 14.1 Å². The molecule has 29 heavy (non-hydrogen) atoms. The molecule has 150 valence electrons. The number of nitrogens with one attached hydrogen (secondary N) is 1. The number of hydrogen-bond donors (Lipinski definition) is 1. The second-order valence-electron chi connectivity index (χ2n) is 7.84. The summed E-state index contributed by atoms with van der Waals surface area (Å²) < 4.78 is 12.9. The summed E-state index contributed by atoms with van der Waals surface area (Å²) in [5.74, 6) is 1.41. The summed E-state index contributed by atoms with van der Waals surface area (Å²) in [7, 11) is 1.68. The van der Waals surface area contributed by atoms with Crippen LogP contribution in [0.2, 0.25) is 0 Å². The zero-order chi connectivity index (χ0) is 20.2. The molecule has 2 aliphatic heterocycles. The molecule has 1 aromatic carbocycles. The Kier molecular flexibility index (Phi) is 3.94. The van der Waals surface area contributed by atoms with Crippen LogP contribution in [0.25, 0.3) is 5.69 Å². The second-order valence-corrected chi connectivity index (χ2v) is 7.84. The summed E-state index contributed by atoms with van der Waals surface area (Å²) in [5.41, 5.74) is 4.44. The molecule has 0 saturated carbocycles. The number of aryl methyl sites for hydroxylation is 2. The molecule has 0 radical (unpaired) electrons. The molecule has 1 fully saturated rings. The molecule has 1 spiro atoms. The van der Waals surface area contributed by atoms with E-state index in [1.807, 2.05) is 24.0 Å². The fourth-order valence-corrected chi connectivity index (χ4v) is 4.67. The molecule has 2 aliphatic rings. The van der Waals surface area contributed by atoms with E-state index in [9.17, 15) is 4.79 Å². The van der Waals surface area contributed by atoms with Crippen molar-refractivity contribution in [3.63, 3.8) is 0 Å². The smallest absolute Gasteiger partial charge is 0.259 e. The van der Waals surface area contributed by atoms with E-state index in [-0.39, 0.29) is 11.4 Å². The number of fused-ring (bicyclic) bond motifs is 4. The first-order chi connectivity index (χ1) is 14.0. The van der Waals surface area contributed by atoms with Crippen molar-refractivity contribution in [2.45, 2.75) is 32.2 Å². The van der Waals surface area contributed by atoms with Crippen LogP contribution in [0.15, 0.2) is 41.1 Å². The van der Waals surface area contributed by atoms with Crippen LogP contribution in [-0.4, -0.2) is 40.7 Å². The molecule has 1 amide bonds. The number of anilines is 1. The minimum Gasteiger partial charge on any atom is -0.497 e. The molecule has 0 atom stereocenters. The van der Waals surface area contributed by atoms with Crippen LogP contribution in [-0.2, 0) is 5.54 Å². The number of ether oxygens (including phenoxy) is 1. The standard InChI is InChI=1S/C22H24N4O3/c1-14-20(15(2)29-24-14)21(27)25-11-8-22(9-12-25)19-5-4-10-26(19)18-7-6-16(28-3)13-17(18)23-22/h4-7,10,13,23H,8-9,11-12H2,1-3H3. The van der Waals surface area contributed by atoms with Gasteiger partial charge in [-0.05, 0) is 51.0 Å². The number of methoxy groups -OCH3 is 1. The highest BCUT2D eigenvalue weighted by Crippen LogP contribution is 2.44. The number of nitrogens with zero attached hydrogens (tertiary/aromatic N) is 3. The van der Waals surface area contributed by atoms with Crippen molar-refractivity contribution in [1.29, 1.82) is 0 Å². The van der Waals surface area contributed by atoms with Crippen LogP contribution in [0.3, 0.4) is 0 Å². The number of piperidine rings is 1. The largest absolute Gasteiger partial charge is 0.497 e. The van der Waals surface area contributed by atoms with Gasteiger partial charge in [-0.3, -0.25) is 4.79 Å². The number of rotatable bonds is 2. The van der Waals surface area contributed by atoms with Crippen LogP contribution in [0.5, 0.6) is 5.75 Å². The summed E-state index contributed by atoms with van der Waals surface area (Å²) >= 11 is 0. The van der Waals surface area contributed by atoms with E-state index in [1.54, 1.807) is 14.0 Å². The van der Waals surface area contributed by atoms with Crippen molar-refractivity contribution in [3.05, 3.63) is 59.2 Å². The first kappa shape index (κ1) is 17.8. The van der Waals surface area contributed by atoms with Gasteiger partial charge in [0.1, 0.15) is 17.1 Å². The van der Waals surface area contributed by atoms with E-state index in [4.69, 9.17) is 9.26 Å². The maximum atomic E-state index is 13.0. The molecule has 1 N–H and O–H groups in total. The molecule has 1 saturated heterocycles. The third-order valence-corrected chi connectivity index (χ3v) is 6.23. The summed E-state index contributed by atoms with van der Waals surface area (Å²) in [6.07, 6.45) is 3.75. The molecule has 0 bridgehead atoms. The van der Waals surface area contributed by atoms with Crippen molar-refractivity contribution in [2.75, 3.05) is 25.5 Å². The summed E-state index contributed by atoms with van der Waals surface area (Å²) in [6, 6.07) is 10.4. The van der Waals surface area contributed by atoms with E-state index in [0.29, 0.717) is 30.1 Å². The fourth-order valence-electron chi connectivity index (χ4n) is 4.67. The average Bonchev–Trinajstić information content (AvgIpc) is 3.35. The molecule has 0 unspecified atom stereocenters. The third kappa shape index (κ3) is 2.64. The Morgan fingerprint density at radius 2 is 2.03 bits per heavy atom. The highest BCUT2D eigenvalue weighted by Gasteiger charge is 2.43. The van der Waals surface area contributed by atoms with Gasteiger partial charge in [0.25, 0.3) is 5.91 Å². The van der Waals surface area contributed by atoms with Crippen LogP contribution in [0.4, 0.5) is 5.69 Å². The summed E-state index contributed by atoms with van der Waals surface area (Å²) in [5, 5.41) is 7.71. The number of hydrogen-bond acceptors (Lipinski definition) is 5. The minimum atomic E-state index is -0.210. The number of benzene rings is 1. The van der Waals surface area contributed by atoms with Crippen molar-refractivity contribution in [3.8, 4) is 11.4 Å². The maximum Gasteiger partial charge on any atom is 0.259 e. The van der Waals surface area contributed by atoms with E-state index in [0.717, 1.165) is 30.0 Å². The van der Waals surface area contributed by atoms with Gasteiger partial charge < -0.3 is 24.0 Å². The second kappa shape index (κ2) is 6.40. The molecule has 5 rings (SSSR count). The van der Waals surface area contributed by atoms with Gasteiger partial charge >= 0.3 is 0 Å². The Hall–Kier alpha value is -3.22. The monoisotopic (exact) mass is 392 g/mol. The number of carbonyl (C=O) groups is 1. The van der Waals surface area contributed by atoms with E-state index >= 15 is 0 Å². The topological polar surface area (TPSA) is 72.5 Å². The van der Waals surface area contributed by atoms with Gasteiger partial charge in [0, 0.05) is 31.0 Å². The van der Waals surface area contributed by atoms with Gasteiger partial charge in [-0.25, -0.2) is 0 Å². The van der Waals surface area contributed by atoms with Crippen molar-refractivity contribution in [2.24, 2.45) is 0 Å². The lowest BCUT2D eigenvalue weighted by atomic mass is 9.82. The summed E-state index contributed by atoms with van der Waals surface area (Å²) in [4.78, 5) is 14.9. The maximum absolute atomic E-state index is 13.0. The molecule has 4 heterocycles. The zero-order valence-electron chi connectivity index (χ0n) is 16.9. The minimum absolute atomic E-state index is 0.00404. The number of likely N-dealkylation sites (tertiary alicyclic amines) is 1. The zero-order valence-corrected chi connectivity index (χ0v) is 16.9. The number of aromatic nitrogens is 2. The predicted octanol–water partition coefficient (Wildman–Crippen LogP) is 3.65. The third-order valence-electron chi connectivity index (χ3n) is 6.23. The highest BCUT2D eigenvalue weighted by atomic mass is 16.5. The van der Waals surface area contributed by atoms with E-state index < -0.39 is 0 Å². The molecule has 7 nitrogen and oxygen atoms in total. The van der Waals surface area contributed by atoms with E-state index in [1.165, 1.54) is 5.69 Å². The highest BCUT2D eigenvalue weighted by molar-refractivity contribution is 5.96. The number of carbonyl (C=O) groups excluding carboxylic acids is 1. The van der Waals surface area contributed by atoms with Gasteiger partial charge in [0.15, 0.2) is 0 Å². The Bertz CT molecular complexity index is 1070. The number of amides is 1. The van der Waals surface area contributed by atoms with Crippen molar-refractivity contribution in [1.82, 2.24) is 14.6 Å². The molecular formula is C22H24N4O3. The van der Waals surface area contributed by atoms with Gasteiger partial charge in [0.05, 0.1) is 29.7 Å². The van der Waals surface area contributed by atoms with Gasteiger partial charge in [0.2, 0.25) is 0 Å². The van der Waals surface area contributed by atoms with Crippen LogP contribution >= 0.6 is 0 Å². The first-order valence-electron chi connectivity index (χ1n) is 9.89. The van der Waals surface area contributed by atoms with Gasteiger partial charge in [-0.15, -0.1) is 0 Å². The quantitative estimate of drug-likeness (QED) is 0.721. The van der Waals surface area contributed by atoms with Gasteiger partial charge in [-0.1, -0.05) is 5.16 Å². The lowest BCUT2D eigenvalue weighted by Crippen LogP contribution is -2.51. The molecule has 7 heteroatoms. The summed E-state index contributed by atoms with van der Waals surface area (Å²) in [6.45, 7) is 4.94. The molecule has 3 aromatic rings. The van der Waals surface area contributed by atoms with E-state index in [2.05, 4.69) is 39.4 Å². The lowest BCUT2D eigenvalue weighted by molar-refractivity contribution is 0.0674. The normalized spacial score (nSPS) is 16.9.